The number of rotatable bonds is 6. The van der Waals surface area contributed by atoms with Crippen molar-refractivity contribution < 1.29 is 18.3 Å². The van der Waals surface area contributed by atoms with E-state index in [9.17, 15) is 13.2 Å². The highest BCUT2D eigenvalue weighted by molar-refractivity contribution is 7.89. The van der Waals surface area contributed by atoms with Gasteiger partial charge in [-0.1, -0.05) is 0 Å². The first-order chi connectivity index (χ1) is 7.92. The summed E-state index contributed by atoms with van der Waals surface area (Å²) in [4.78, 5) is 14.2. The molecule has 0 spiro atoms. The Labute approximate surface area is 100.0 Å². The summed E-state index contributed by atoms with van der Waals surface area (Å²) in [5.74, 6) is -1.28. The maximum Gasteiger partial charge on any atom is 0.318 e. The Morgan fingerprint density at radius 2 is 2.00 bits per heavy atom. The van der Waals surface area contributed by atoms with Crippen molar-refractivity contribution in [3.63, 3.8) is 0 Å². The maximum absolute atomic E-state index is 11.7. The number of carboxylic acids is 1. The van der Waals surface area contributed by atoms with E-state index >= 15 is 0 Å². The molecule has 0 amide bonds. The van der Waals surface area contributed by atoms with Crippen LogP contribution in [0.15, 0.2) is 24.5 Å². The molecule has 1 rings (SSSR count). The molecule has 6 nitrogen and oxygen atoms in total. The lowest BCUT2D eigenvalue weighted by Crippen LogP contribution is -2.34. The number of nitrogens with zero attached hydrogens (tertiary/aromatic N) is 2. The zero-order valence-corrected chi connectivity index (χ0v) is 10.2. The van der Waals surface area contributed by atoms with Crippen molar-refractivity contribution in [2.75, 3.05) is 19.3 Å². The van der Waals surface area contributed by atoms with Gasteiger partial charge in [-0.05, 0) is 24.1 Å². The molecule has 0 atom stereocenters. The second kappa shape index (κ2) is 5.74. The van der Waals surface area contributed by atoms with Crippen molar-refractivity contribution in [3.05, 3.63) is 30.1 Å². The van der Waals surface area contributed by atoms with Crippen LogP contribution in [0.5, 0.6) is 0 Å². The highest BCUT2D eigenvalue weighted by Crippen LogP contribution is 2.04. The monoisotopic (exact) mass is 258 g/mol. The van der Waals surface area contributed by atoms with Crippen molar-refractivity contribution in [3.8, 4) is 0 Å². The fourth-order valence-corrected chi connectivity index (χ4v) is 2.35. The van der Waals surface area contributed by atoms with E-state index in [0.717, 1.165) is 9.87 Å². The molecule has 0 unspecified atom stereocenters. The number of pyridine rings is 1. The summed E-state index contributed by atoms with van der Waals surface area (Å²) in [6, 6.07) is 3.46. The normalized spacial score (nSPS) is 11.6. The lowest BCUT2D eigenvalue weighted by molar-refractivity contribution is -0.137. The lowest BCUT2D eigenvalue weighted by Gasteiger charge is -2.14. The molecule has 0 aromatic carbocycles. The Morgan fingerprint density at radius 3 is 2.53 bits per heavy atom. The zero-order valence-electron chi connectivity index (χ0n) is 9.41. The SMILES string of the molecule is CN(CC(=O)O)S(=O)(=O)CCc1ccncc1. The van der Waals surface area contributed by atoms with E-state index in [1.54, 1.807) is 24.5 Å². The first-order valence-electron chi connectivity index (χ1n) is 4.96. The summed E-state index contributed by atoms with van der Waals surface area (Å²) in [5.41, 5.74) is 0.854. The Hall–Kier alpha value is -1.47. The van der Waals surface area contributed by atoms with Crippen molar-refractivity contribution in [1.29, 1.82) is 0 Å². The van der Waals surface area contributed by atoms with Gasteiger partial charge >= 0.3 is 5.97 Å². The minimum atomic E-state index is -3.52. The highest BCUT2D eigenvalue weighted by Gasteiger charge is 2.19. The van der Waals surface area contributed by atoms with Crippen molar-refractivity contribution in [1.82, 2.24) is 9.29 Å². The summed E-state index contributed by atoms with van der Waals surface area (Å²) in [7, 11) is -2.26. The number of aliphatic carboxylic acids is 1. The molecule has 0 fully saturated rings. The Morgan fingerprint density at radius 1 is 1.41 bits per heavy atom. The Kier molecular flexibility index (Phi) is 4.59. The fraction of sp³-hybridized carbons (Fsp3) is 0.400. The van der Waals surface area contributed by atoms with Gasteiger partial charge in [0.15, 0.2) is 0 Å². The van der Waals surface area contributed by atoms with Gasteiger partial charge in [-0.15, -0.1) is 0 Å². The molecule has 1 N–H and O–H groups in total. The van der Waals surface area contributed by atoms with Gasteiger partial charge in [-0.2, -0.15) is 4.31 Å². The summed E-state index contributed by atoms with van der Waals surface area (Å²) < 4.78 is 24.2. The van der Waals surface area contributed by atoms with Gasteiger partial charge in [0.1, 0.15) is 6.54 Å². The molecule has 0 aliphatic carbocycles. The van der Waals surface area contributed by atoms with Gasteiger partial charge in [0.25, 0.3) is 0 Å². The average Bonchev–Trinajstić information content (AvgIpc) is 2.27. The number of carbonyl (C=O) groups is 1. The molecule has 0 aliphatic heterocycles. The summed E-state index contributed by atoms with van der Waals surface area (Å²) in [6.45, 7) is -0.515. The van der Waals surface area contributed by atoms with E-state index in [1.165, 1.54) is 7.05 Å². The predicted molar refractivity (Wildman–Crippen MR) is 62.0 cm³/mol. The van der Waals surface area contributed by atoms with Gasteiger partial charge in [0, 0.05) is 19.4 Å². The van der Waals surface area contributed by atoms with Gasteiger partial charge in [0.05, 0.1) is 5.75 Å². The zero-order chi connectivity index (χ0) is 12.9. The minimum Gasteiger partial charge on any atom is -0.480 e. The number of carboxylic acid groups (broad SMARTS) is 1. The first kappa shape index (κ1) is 13.6. The number of aryl methyl sites for hydroxylation is 1. The number of hydrogen-bond donors (Lipinski definition) is 1. The van der Waals surface area contributed by atoms with Crippen molar-refractivity contribution in [2.24, 2.45) is 0 Å². The third-order valence-electron chi connectivity index (χ3n) is 2.23. The molecule has 1 aromatic rings. The van der Waals surface area contributed by atoms with E-state index in [1.807, 2.05) is 0 Å². The van der Waals surface area contributed by atoms with E-state index < -0.39 is 22.5 Å². The predicted octanol–water partition coefficient (Wildman–Crippen LogP) is -0.0297. The molecule has 1 aromatic heterocycles. The van der Waals surface area contributed by atoms with Gasteiger partial charge in [-0.3, -0.25) is 9.78 Å². The number of hydrogen-bond acceptors (Lipinski definition) is 4. The van der Waals surface area contributed by atoms with E-state index in [2.05, 4.69) is 4.98 Å². The molecular weight excluding hydrogens is 244 g/mol. The van der Waals surface area contributed by atoms with Gasteiger partial charge in [-0.25, -0.2) is 8.42 Å². The molecule has 0 bridgehead atoms. The van der Waals surface area contributed by atoms with Crippen LogP contribution in [0.25, 0.3) is 0 Å². The number of aromatic nitrogens is 1. The average molecular weight is 258 g/mol. The number of likely N-dealkylation sites (N-methyl/N-ethyl adjacent to an activating group) is 1. The van der Waals surface area contributed by atoms with Crippen LogP contribution in [0.4, 0.5) is 0 Å². The second-order valence-electron chi connectivity index (χ2n) is 3.57. The van der Waals surface area contributed by atoms with Crippen LogP contribution >= 0.6 is 0 Å². The molecule has 0 radical (unpaired) electrons. The molecule has 94 valence electrons. The molecule has 0 aliphatic rings. The molecule has 7 heteroatoms. The van der Waals surface area contributed by atoms with E-state index in [-0.39, 0.29) is 5.75 Å². The third-order valence-corrected chi connectivity index (χ3v) is 4.03. The van der Waals surface area contributed by atoms with Crippen LogP contribution in [0, 0.1) is 0 Å². The Bertz CT molecular complexity index is 472. The standard InChI is InChI=1S/C10H14N2O4S/c1-12(8-10(13)14)17(15,16)7-4-9-2-5-11-6-3-9/h2-3,5-6H,4,7-8H2,1H3,(H,13,14). The third kappa shape index (κ3) is 4.49. The first-order valence-corrected chi connectivity index (χ1v) is 6.57. The molecule has 0 saturated heterocycles. The van der Waals surface area contributed by atoms with Crippen LogP contribution in [0.2, 0.25) is 0 Å². The second-order valence-corrected chi connectivity index (χ2v) is 5.77. The van der Waals surface area contributed by atoms with Crippen LogP contribution in [-0.2, 0) is 21.2 Å². The molecule has 0 saturated carbocycles. The Balaban J connectivity index is 2.59. The molecule has 1 heterocycles. The van der Waals surface area contributed by atoms with Crippen molar-refractivity contribution in [2.45, 2.75) is 6.42 Å². The number of sulfonamides is 1. The van der Waals surface area contributed by atoms with E-state index in [4.69, 9.17) is 5.11 Å². The molecule has 17 heavy (non-hydrogen) atoms. The van der Waals surface area contributed by atoms with Gasteiger partial charge in [0.2, 0.25) is 10.0 Å². The minimum absolute atomic E-state index is 0.110. The summed E-state index contributed by atoms with van der Waals surface area (Å²) in [5, 5.41) is 8.52. The van der Waals surface area contributed by atoms with Gasteiger partial charge < -0.3 is 5.11 Å². The van der Waals surface area contributed by atoms with E-state index in [0.29, 0.717) is 6.42 Å². The van der Waals surface area contributed by atoms with Crippen molar-refractivity contribution >= 4 is 16.0 Å². The molecular formula is C10H14N2O4S. The fourth-order valence-electron chi connectivity index (χ4n) is 1.24. The maximum atomic E-state index is 11.7. The summed E-state index contributed by atoms with van der Waals surface area (Å²) >= 11 is 0. The van der Waals surface area contributed by atoms with Crippen LogP contribution in [0.3, 0.4) is 0 Å². The topological polar surface area (TPSA) is 87.6 Å². The van der Waals surface area contributed by atoms with Crippen LogP contribution in [-0.4, -0.2) is 48.1 Å². The largest absolute Gasteiger partial charge is 0.480 e. The highest BCUT2D eigenvalue weighted by atomic mass is 32.2. The summed E-state index contributed by atoms with van der Waals surface area (Å²) in [6.07, 6.45) is 3.51. The van der Waals surface area contributed by atoms with Crippen LogP contribution in [0.1, 0.15) is 5.56 Å². The lowest BCUT2D eigenvalue weighted by atomic mass is 10.2. The van der Waals surface area contributed by atoms with Crippen LogP contribution < -0.4 is 0 Å². The smallest absolute Gasteiger partial charge is 0.318 e. The quantitative estimate of drug-likeness (QED) is 0.774.